The highest BCUT2D eigenvalue weighted by Crippen LogP contribution is 2.18. The van der Waals surface area contributed by atoms with E-state index in [0.29, 0.717) is 6.42 Å². The van der Waals surface area contributed by atoms with Crippen LogP contribution in [0.15, 0.2) is 59.5 Å². The van der Waals surface area contributed by atoms with Crippen LogP contribution in [0.2, 0.25) is 0 Å². The number of amides is 1. The van der Waals surface area contributed by atoms with Crippen molar-refractivity contribution in [1.82, 2.24) is 5.32 Å². The number of carbonyl (C=O) groups is 1. The first kappa shape index (κ1) is 17.6. The van der Waals surface area contributed by atoms with Gasteiger partial charge in [-0.1, -0.05) is 42.5 Å². The van der Waals surface area contributed by atoms with Crippen molar-refractivity contribution in [2.45, 2.75) is 30.3 Å². The normalized spacial score (nSPS) is 11.9. The molecule has 2 rings (SSSR count). The number of hydrogen-bond acceptors (Lipinski definition) is 3. The monoisotopic (exact) mass is 329 g/mol. The van der Waals surface area contributed by atoms with Gasteiger partial charge in [0.05, 0.1) is 6.10 Å². The lowest BCUT2D eigenvalue weighted by Gasteiger charge is -2.12. The zero-order valence-electron chi connectivity index (χ0n) is 13.4. The van der Waals surface area contributed by atoms with Gasteiger partial charge in [-0.2, -0.15) is 0 Å². The van der Waals surface area contributed by atoms with Crippen LogP contribution in [-0.2, 0) is 11.2 Å². The summed E-state index contributed by atoms with van der Waals surface area (Å²) in [5.41, 5.74) is 2.07. The summed E-state index contributed by atoms with van der Waals surface area (Å²) >= 11 is 1.66. The Hall–Kier alpha value is -1.78. The van der Waals surface area contributed by atoms with E-state index in [1.165, 1.54) is 5.56 Å². The van der Waals surface area contributed by atoms with Gasteiger partial charge >= 0.3 is 0 Å². The van der Waals surface area contributed by atoms with Gasteiger partial charge in [0.2, 0.25) is 5.91 Å². The van der Waals surface area contributed by atoms with Gasteiger partial charge in [0.1, 0.15) is 0 Å². The van der Waals surface area contributed by atoms with Crippen LogP contribution in [0.3, 0.4) is 0 Å². The van der Waals surface area contributed by atoms with Crippen LogP contribution in [0, 0.1) is 0 Å². The van der Waals surface area contributed by atoms with E-state index in [1.807, 2.05) is 48.7 Å². The maximum atomic E-state index is 11.8. The lowest BCUT2D eigenvalue weighted by molar-refractivity contribution is -0.121. The Morgan fingerprint density at radius 2 is 1.83 bits per heavy atom. The van der Waals surface area contributed by atoms with Crippen LogP contribution in [0.1, 0.15) is 30.1 Å². The Morgan fingerprint density at radius 1 is 1.13 bits per heavy atom. The number of aliphatic hydroxyl groups excluding tert-OH is 1. The van der Waals surface area contributed by atoms with Gasteiger partial charge in [-0.25, -0.2) is 0 Å². The summed E-state index contributed by atoms with van der Waals surface area (Å²) in [7, 11) is 0. The molecule has 0 saturated heterocycles. The Morgan fingerprint density at radius 3 is 2.48 bits per heavy atom. The van der Waals surface area contributed by atoms with E-state index >= 15 is 0 Å². The SMILES string of the molecule is CSc1ccc(C(O)CNC(=O)CCCc2ccccc2)cc1. The summed E-state index contributed by atoms with van der Waals surface area (Å²) in [6.07, 6.45) is 3.54. The highest BCUT2D eigenvalue weighted by Gasteiger charge is 2.09. The maximum absolute atomic E-state index is 11.8. The molecule has 0 aliphatic rings. The Balaban J connectivity index is 1.68. The Bertz CT molecular complexity index is 599. The molecule has 0 fully saturated rings. The van der Waals surface area contributed by atoms with E-state index in [1.54, 1.807) is 11.8 Å². The van der Waals surface area contributed by atoms with Crippen molar-refractivity contribution in [2.75, 3.05) is 12.8 Å². The third kappa shape index (κ3) is 6.08. The third-order valence-corrected chi connectivity index (χ3v) is 4.45. The Labute approximate surface area is 142 Å². The van der Waals surface area contributed by atoms with Gasteiger partial charge in [0, 0.05) is 17.9 Å². The second-order valence-electron chi connectivity index (χ2n) is 5.43. The highest BCUT2D eigenvalue weighted by atomic mass is 32.2. The van der Waals surface area contributed by atoms with Gasteiger partial charge in [-0.05, 0) is 42.4 Å². The molecule has 0 radical (unpaired) electrons. The smallest absolute Gasteiger partial charge is 0.220 e. The van der Waals surface area contributed by atoms with Crippen molar-refractivity contribution in [1.29, 1.82) is 0 Å². The summed E-state index contributed by atoms with van der Waals surface area (Å²) in [6.45, 7) is 0.253. The van der Waals surface area contributed by atoms with E-state index in [-0.39, 0.29) is 12.5 Å². The zero-order valence-corrected chi connectivity index (χ0v) is 14.2. The van der Waals surface area contributed by atoms with Crippen molar-refractivity contribution in [3.8, 4) is 0 Å². The lowest BCUT2D eigenvalue weighted by atomic mass is 10.1. The number of benzene rings is 2. The predicted molar refractivity (Wildman–Crippen MR) is 95.6 cm³/mol. The molecule has 1 unspecified atom stereocenters. The number of rotatable bonds is 8. The van der Waals surface area contributed by atoms with Crippen molar-refractivity contribution in [3.63, 3.8) is 0 Å². The topological polar surface area (TPSA) is 49.3 Å². The van der Waals surface area contributed by atoms with Crippen LogP contribution in [-0.4, -0.2) is 23.8 Å². The second-order valence-corrected chi connectivity index (χ2v) is 6.31. The first-order valence-electron chi connectivity index (χ1n) is 7.81. The lowest BCUT2D eigenvalue weighted by Crippen LogP contribution is -2.28. The van der Waals surface area contributed by atoms with E-state index in [0.717, 1.165) is 23.3 Å². The van der Waals surface area contributed by atoms with Crippen LogP contribution in [0.5, 0.6) is 0 Å². The number of hydrogen-bond donors (Lipinski definition) is 2. The summed E-state index contributed by atoms with van der Waals surface area (Å²) in [4.78, 5) is 13.0. The number of carbonyl (C=O) groups excluding carboxylic acids is 1. The molecule has 2 aromatic rings. The molecule has 0 aliphatic carbocycles. The molecule has 3 nitrogen and oxygen atoms in total. The third-order valence-electron chi connectivity index (χ3n) is 3.71. The summed E-state index contributed by atoms with van der Waals surface area (Å²) < 4.78 is 0. The van der Waals surface area contributed by atoms with E-state index in [4.69, 9.17) is 0 Å². The van der Waals surface area contributed by atoms with E-state index in [2.05, 4.69) is 17.4 Å². The molecule has 0 spiro atoms. The molecule has 122 valence electrons. The van der Waals surface area contributed by atoms with Crippen LogP contribution >= 0.6 is 11.8 Å². The largest absolute Gasteiger partial charge is 0.387 e. The second kappa shape index (κ2) is 9.38. The highest BCUT2D eigenvalue weighted by molar-refractivity contribution is 7.98. The van der Waals surface area contributed by atoms with E-state index < -0.39 is 6.10 Å². The first-order valence-corrected chi connectivity index (χ1v) is 9.04. The molecule has 2 N–H and O–H groups in total. The molecule has 23 heavy (non-hydrogen) atoms. The van der Waals surface area contributed by atoms with Crippen LogP contribution in [0.25, 0.3) is 0 Å². The van der Waals surface area contributed by atoms with Crippen LogP contribution < -0.4 is 5.32 Å². The molecule has 1 atom stereocenters. The predicted octanol–water partition coefficient (Wildman–Crippen LogP) is 3.58. The molecular formula is C19H23NO2S. The quantitative estimate of drug-likeness (QED) is 0.728. The van der Waals surface area contributed by atoms with Crippen LogP contribution in [0.4, 0.5) is 0 Å². The molecular weight excluding hydrogens is 306 g/mol. The minimum absolute atomic E-state index is 0.0132. The van der Waals surface area contributed by atoms with Crippen molar-refractivity contribution >= 4 is 17.7 Å². The molecule has 1 amide bonds. The van der Waals surface area contributed by atoms with Gasteiger partial charge in [0.15, 0.2) is 0 Å². The van der Waals surface area contributed by atoms with Gasteiger partial charge in [-0.3, -0.25) is 4.79 Å². The standard InChI is InChI=1S/C19H23NO2S/c1-23-17-12-10-16(11-13-17)18(21)14-20-19(22)9-5-8-15-6-3-2-4-7-15/h2-4,6-7,10-13,18,21H,5,8-9,14H2,1H3,(H,20,22). The summed E-state index contributed by atoms with van der Waals surface area (Å²) in [5, 5.41) is 12.9. The summed E-state index contributed by atoms with van der Waals surface area (Å²) in [5.74, 6) is -0.0132. The van der Waals surface area contributed by atoms with Gasteiger partial charge in [-0.15, -0.1) is 11.8 Å². The molecule has 4 heteroatoms. The zero-order chi connectivity index (χ0) is 16.5. The molecule has 0 aliphatic heterocycles. The number of aliphatic hydroxyl groups is 1. The molecule has 2 aromatic carbocycles. The average Bonchev–Trinajstić information content (AvgIpc) is 2.60. The molecule has 0 heterocycles. The van der Waals surface area contributed by atoms with Gasteiger partial charge < -0.3 is 10.4 Å². The van der Waals surface area contributed by atoms with Crippen molar-refractivity contribution < 1.29 is 9.90 Å². The fourth-order valence-electron chi connectivity index (χ4n) is 2.34. The minimum Gasteiger partial charge on any atom is -0.387 e. The molecule has 0 saturated carbocycles. The molecule has 0 aromatic heterocycles. The number of thioether (sulfide) groups is 1. The van der Waals surface area contributed by atoms with Crippen molar-refractivity contribution in [2.24, 2.45) is 0 Å². The fraction of sp³-hybridized carbons (Fsp3) is 0.316. The maximum Gasteiger partial charge on any atom is 0.220 e. The average molecular weight is 329 g/mol. The van der Waals surface area contributed by atoms with Gasteiger partial charge in [0.25, 0.3) is 0 Å². The minimum atomic E-state index is -0.663. The fourth-order valence-corrected chi connectivity index (χ4v) is 2.75. The van der Waals surface area contributed by atoms with E-state index in [9.17, 15) is 9.90 Å². The molecule has 0 bridgehead atoms. The Kier molecular flexibility index (Phi) is 7.17. The number of nitrogens with one attached hydrogen (secondary N) is 1. The van der Waals surface area contributed by atoms with Crippen molar-refractivity contribution in [3.05, 3.63) is 65.7 Å². The first-order chi connectivity index (χ1) is 11.2. The number of aryl methyl sites for hydroxylation is 1. The summed E-state index contributed by atoms with van der Waals surface area (Å²) in [6, 6.07) is 17.9.